The summed E-state index contributed by atoms with van der Waals surface area (Å²) < 4.78 is 38.6. The maximum absolute atomic E-state index is 13.0. The second kappa shape index (κ2) is 8.21. The number of hydrogen-bond acceptors (Lipinski definition) is 6. The first-order chi connectivity index (χ1) is 13.6. The van der Waals surface area contributed by atoms with E-state index in [1.54, 1.807) is 29.6 Å². The lowest BCUT2D eigenvalue weighted by molar-refractivity contribution is 0.314. The van der Waals surface area contributed by atoms with E-state index < -0.39 is 10.0 Å². The summed E-state index contributed by atoms with van der Waals surface area (Å²) in [5, 5.41) is 4.13. The van der Waals surface area contributed by atoms with Crippen molar-refractivity contribution in [3.05, 3.63) is 24.1 Å². The van der Waals surface area contributed by atoms with E-state index in [1.807, 2.05) is 0 Å². The van der Waals surface area contributed by atoms with Crippen LogP contribution >= 0.6 is 0 Å². The molecule has 1 aromatic heterocycles. The van der Waals surface area contributed by atoms with Crippen LogP contribution < -0.4 is 4.74 Å². The van der Waals surface area contributed by atoms with Gasteiger partial charge in [-0.1, -0.05) is 30.8 Å². The number of sulfonamides is 1. The third-order valence-electron chi connectivity index (χ3n) is 5.76. The molecule has 0 bridgehead atoms. The van der Waals surface area contributed by atoms with Crippen molar-refractivity contribution < 1.29 is 17.7 Å². The molecule has 2 heterocycles. The predicted octanol–water partition coefficient (Wildman–Crippen LogP) is 3.97. The Hall–Kier alpha value is -1.93. The summed E-state index contributed by atoms with van der Waals surface area (Å²) in [6.07, 6.45) is 8.60. The fourth-order valence-corrected chi connectivity index (χ4v) is 5.68. The van der Waals surface area contributed by atoms with Gasteiger partial charge in [0.15, 0.2) is 0 Å². The molecular weight excluding hydrogens is 378 g/mol. The third kappa shape index (κ3) is 3.80. The first-order valence-corrected chi connectivity index (χ1v) is 11.6. The highest BCUT2D eigenvalue weighted by Gasteiger charge is 2.28. The van der Waals surface area contributed by atoms with Gasteiger partial charge in [-0.3, -0.25) is 0 Å². The number of ether oxygens (including phenoxy) is 1. The highest BCUT2D eigenvalue weighted by atomic mass is 32.2. The van der Waals surface area contributed by atoms with E-state index in [9.17, 15) is 8.42 Å². The monoisotopic (exact) mass is 405 g/mol. The lowest BCUT2D eigenvalue weighted by Crippen LogP contribution is -2.35. The van der Waals surface area contributed by atoms with E-state index in [4.69, 9.17) is 9.26 Å². The molecule has 0 amide bonds. The Balaban J connectivity index is 1.67. The summed E-state index contributed by atoms with van der Waals surface area (Å²) in [7, 11) is -1.98. The predicted molar refractivity (Wildman–Crippen MR) is 105 cm³/mol. The van der Waals surface area contributed by atoms with Crippen LogP contribution in [0.25, 0.3) is 11.4 Å². The SMILES string of the molecule is COc1ccc(S(=O)(=O)N2CCCCC2)cc1-c1noc(C2CCCCC2)n1. The van der Waals surface area contributed by atoms with Crippen molar-refractivity contribution >= 4 is 10.0 Å². The molecule has 0 atom stereocenters. The van der Waals surface area contributed by atoms with Gasteiger partial charge < -0.3 is 9.26 Å². The van der Waals surface area contributed by atoms with Gasteiger partial charge in [0.2, 0.25) is 21.7 Å². The zero-order valence-electron chi connectivity index (χ0n) is 16.3. The molecule has 0 N–H and O–H groups in total. The third-order valence-corrected chi connectivity index (χ3v) is 7.66. The van der Waals surface area contributed by atoms with Gasteiger partial charge in [0, 0.05) is 19.0 Å². The minimum absolute atomic E-state index is 0.245. The average molecular weight is 406 g/mol. The molecule has 7 nitrogen and oxygen atoms in total. The minimum atomic E-state index is -3.54. The fraction of sp³-hybridized carbons (Fsp3) is 0.600. The summed E-state index contributed by atoms with van der Waals surface area (Å²) in [6.45, 7) is 1.13. The van der Waals surface area contributed by atoms with Gasteiger partial charge in [-0.25, -0.2) is 8.42 Å². The van der Waals surface area contributed by atoms with Crippen LogP contribution in [0.1, 0.15) is 63.2 Å². The molecule has 28 heavy (non-hydrogen) atoms. The molecular formula is C20H27N3O4S. The molecule has 0 unspecified atom stereocenters. The summed E-state index contributed by atoms with van der Waals surface area (Å²) in [5.74, 6) is 1.85. The molecule has 1 aliphatic carbocycles. The Morgan fingerprint density at radius 3 is 2.50 bits per heavy atom. The topological polar surface area (TPSA) is 85.5 Å². The van der Waals surface area contributed by atoms with Crippen LogP contribution in [0.2, 0.25) is 0 Å². The zero-order valence-corrected chi connectivity index (χ0v) is 17.1. The first kappa shape index (κ1) is 19.4. The van der Waals surface area contributed by atoms with Crippen molar-refractivity contribution in [3.8, 4) is 17.1 Å². The number of nitrogens with zero attached hydrogens (tertiary/aromatic N) is 3. The van der Waals surface area contributed by atoms with Crippen LogP contribution in [0.5, 0.6) is 5.75 Å². The molecule has 2 aliphatic rings. The molecule has 1 saturated heterocycles. The molecule has 2 fully saturated rings. The number of piperidine rings is 1. The van der Waals surface area contributed by atoms with Crippen LogP contribution in [0, 0.1) is 0 Å². The molecule has 2 aromatic rings. The van der Waals surface area contributed by atoms with E-state index in [-0.39, 0.29) is 4.90 Å². The van der Waals surface area contributed by atoms with Gasteiger partial charge in [-0.05, 0) is 43.9 Å². The molecule has 0 spiro atoms. The summed E-state index contributed by atoms with van der Waals surface area (Å²) >= 11 is 0. The number of aromatic nitrogens is 2. The van der Waals surface area contributed by atoms with Gasteiger partial charge in [-0.2, -0.15) is 9.29 Å². The maximum Gasteiger partial charge on any atom is 0.243 e. The Morgan fingerprint density at radius 1 is 1.07 bits per heavy atom. The number of methoxy groups -OCH3 is 1. The van der Waals surface area contributed by atoms with E-state index >= 15 is 0 Å². The van der Waals surface area contributed by atoms with E-state index in [0.29, 0.717) is 42.0 Å². The maximum atomic E-state index is 13.0. The largest absolute Gasteiger partial charge is 0.496 e. The van der Waals surface area contributed by atoms with Crippen molar-refractivity contribution in [1.82, 2.24) is 14.4 Å². The van der Waals surface area contributed by atoms with Crippen molar-refractivity contribution in [2.75, 3.05) is 20.2 Å². The average Bonchev–Trinajstić information content (AvgIpc) is 3.24. The Morgan fingerprint density at radius 2 is 1.79 bits per heavy atom. The quantitative estimate of drug-likeness (QED) is 0.748. The standard InChI is InChI=1S/C20H27N3O4S/c1-26-18-11-10-16(28(24,25)23-12-6-3-7-13-23)14-17(18)19-21-20(27-22-19)15-8-4-2-5-9-15/h10-11,14-15H,2-9,12-13H2,1H3. The molecule has 1 saturated carbocycles. The Kier molecular flexibility index (Phi) is 5.68. The fourth-order valence-electron chi connectivity index (χ4n) is 4.14. The highest BCUT2D eigenvalue weighted by molar-refractivity contribution is 7.89. The minimum Gasteiger partial charge on any atom is -0.496 e. The van der Waals surface area contributed by atoms with Gasteiger partial charge in [-0.15, -0.1) is 0 Å². The van der Waals surface area contributed by atoms with Crippen molar-refractivity contribution in [1.29, 1.82) is 0 Å². The Labute approximate surface area is 166 Å². The number of benzene rings is 1. The van der Waals surface area contributed by atoms with Gasteiger partial charge in [0.05, 0.1) is 17.6 Å². The van der Waals surface area contributed by atoms with Gasteiger partial charge in [0.1, 0.15) is 5.75 Å². The van der Waals surface area contributed by atoms with Crippen LogP contribution in [-0.2, 0) is 10.0 Å². The summed E-state index contributed by atoms with van der Waals surface area (Å²) in [6, 6.07) is 4.87. The summed E-state index contributed by atoms with van der Waals surface area (Å²) in [5.41, 5.74) is 0.548. The van der Waals surface area contributed by atoms with Crippen molar-refractivity contribution in [2.24, 2.45) is 0 Å². The van der Waals surface area contributed by atoms with Crippen LogP contribution in [0.3, 0.4) is 0 Å². The van der Waals surface area contributed by atoms with Crippen LogP contribution in [0.15, 0.2) is 27.6 Å². The van der Waals surface area contributed by atoms with E-state index in [2.05, 4.69) is 10.1 Å². The highest BCUT2D eigenvalue weighted by Crippen LogP contribution is 2.35. The normalized spacial score (nSPS) is 19.6. The second-order valence-electron chi connectivity index (χ2n) is 7.62. The zero-order chi connectivity index (χ0) is 19.6. The lowest BCUT2D eigenvalue weighted by Gasteiger charge is -2.26. The molecule has 0 radical (unpaired) electrons. The van der Waals surface area contributed by atoms with Crippen LogP contribution in [0.4, 0.5) is 0 Å². The number of rotatable bonds is 5. The smallest absolute Gasteiger partial charge is 0.243 e. The molecule has 152 valence electrons. The van der Waals surface area contributed by atoms with Crippen molar-refractivity contribution in [3.63, 3.8) is 0 Å². The van der Waals surface area contributed by atoms with Gasteiger partial charge >= 0.3 is 0 Å². The number of hydrogen-bond donors (Lipinski definition) is 0. The molecule has 8 heteroatoms. The molecule has 1 aromatic carbocycles. The Bertz CT molecular complexity index is 913. The lowest BCUT2D eigenvalue weighted by atomic mass is 9.89. The van der Waals surface area contributed by atoms with E-state index in [1.165, 1.54) is 19.3 Å². The van der Waals surface area contributed by atoms with Crippen molar-refractivity contribution in [2.45, 2.75) is 62.2 Å². The second-order valence-corrected chi connectivity index (χ2v) is 9.56. The molecule has 4 rings (SSSR count). The van der Waals surface area contributed by atoms with Gasteiger partial charge in [0.25, 0.3) is 0 Å². The van der Waals surface area contributed by atoms with Crippen LogP contribution in [-0.4, -0.2) is 43.1 Å². The molecule has 1 aliphatic heterocycles. The van der Waals surface area contributed by atoms with E-state index in [0.717, 1.165) is 32.1 Å². The summed E-state index contributed by atoms with van der Waals surface area (Å²) in [4.78, 5) is 4.83. The first-order valence-electron chi connectivity index (χ1n) is 10.1.